The lowest BCUT2D eigenvalue weighted by Gasteiger charge is -2.19. The molecule has 1 amide bonds. The molecule has 0 fully saturated rings. The van der Waals surface area contributed by atoms with Crippen LogP contribution in [0.5, 0.6) is 5.75 Å². The van der Waals surface area contributed by atoms with Crippen LogP contribution in [0.2, 0.25) is 0 Å². The van der Waals surface area contributed by atoms with Gasteiger partial charge in [0.05, 0.1) is 0 Å². The van der Waals surface area contributed by atoms with Gasteiger partial charge in [-0.2, -0.15) is 0 Å². The van der Waals surface area contributed by atoms with Crippen molar-refractivity contribution < 1.29 is 19.4 Å². The van der Waals surface area contributed by atoms with E-state index in [1.54, 1.807) is 19.1 Å². The third-order valence-electron chi connectivity index (χ3n) is 2.71. The van der Waals surface area contributed by atoms with Crippen LogP contribution in [0.25, 0.3) is 0 Å². The first kappa shape index (κ1) is 15.0. The monoisotopic (exact) mass is 265 g/mol. The zero-order chi connectivity index (χ0) is 14.3. The molecule has 19 heavy (non-hydrogen) atoms. The summed E-state index contributed by atoms with van der Waals surface area (Å²) in [5.74, 6) is -0.848. The molecule has 0 heterocycles. The Morgan fingerprint density at radius 3 is 2.32 bits per heavy atom. The topological polar surface area (TPSA) is 75.6 Å². The summed E-state index contributed by atoms with van der Waals surface area (Å²) in [6.45, 7) is 3.52. The van der Waals surface area contributed by atoms with E-state index in [2.05, 4.69) is 5.32 Å². The van der Waals surface area contributed by atoms with Crippen LogP contribution in [0.15, 0.2) is 30.3 Å². The third-order valence-corrected chi connectivity index (χ3v) is 2.71. The van der Waals surface area contributed by atoms with E-state index in [4.69, 9.17) is 9.84 Å². The van der Waals surface area contributed by atoms with Gasteiger partial charge in [0.2, 0.25) is 0 Å². The highest BCUT2D eigenvalue weighted by Crippen LogP contribution is 2.12. The molecule has 0 aliphatic rings. The number of aliphatic carboxylic acids is 1. The molecule has 0 saturated carbocycles. The van der Waals surface area contributed by atoms with Crippen LogP contribution in [0.4, 0.5) is 0 Å². The first-order chi connectivity index (χ1) is 9.08. The summed E-state index contributed by atoms with van der Waals surface area (Å²) in [6.07, 6.45) is 0.121. The van der Waals surface area contributed by atoms with Crippen LogP contribution in [-0.2, 0) is 9.59 Å². The molecule has 5 heteroatoms. The molecule has 0 aliphatic heterocycles. The van der Waals surface area contributed by atoms with E-state index in [0.717, 1.165) is 0 Å². The van der Waals surface area contributed by atoms with Gasteiger partial charge in [-0.3, -0.25) is 4.79 Å². The molecule has 5 nitrogen and oxygen atoms in total. The number of carboxylic acid groups (broad SMARTS) is 1. The van der Waals surface area contributed by atoms with Gasteiger partial charge in [0.1, 0.15) is 11.8 Å². The molecule has 0 aliphatic carbocycles. The van der Waals surface area contributed by atoms with Gasteiger partial charge in [-0.25, -0.2) is 4.79 Å². The van der Waals surface area contributed by atoms with E-state index in [0.29, 0.717) is 18.6 Å². The molecule has 2 N–H and O–H groups in total. The number of para-hydroxylation sites is 1. The Bertz CT molecular complexity index is 419. The fourth-order valence-electron chi connectivity index (χ4n) is 1.59. The molecule has 0 bridgehead atoms. The summed E-state index contributed by atoms with van der Waals surface area (Å²) in [5, 5.41) is 11.4. The van der Waals surface area contributed by atoms with Crippen molar-refractivity contribution >= 4 is 11.9 Å². The second-order valence-corrected chi connectivity index (χ2v) is 4.14. The van der Waals surface area contributed by atoms with Crippen LogP contribution in [-0.4, -0.2) is 29.1 Å². The van der Waals surface area contributed by atoms with Gasteiger partial charge in [-0.05, 0) is 25.0 Å². The maximum atomic E-state index is 12.0. The SMILES string of the molecule is CCC(Oc1ccccc1)C(=O)N[C@@H](CC)C(=O)O. The number of nitrogens with one attached hydrogen (secondary N) is 1. The molecular weight excluding hydrogens is 246 g/mol. The van der Waals surface area contributed by atoms with Crippen molar-refractivity contribution in [3.05, 3.63) is 30.3 Å². The van der Waals surface area contributed by atoms with Gasteiger partial charge in [0.25, 0.3) is 5.91 Å². The van der Waals surface area contributed by atoms with Crippen molar-refractivity contribution in [3.8, 4) is 5.75 Å². The summed E-state index contributed by atoms with van der Waals surface area (Å²) in [4.78, 5) is 22.8. The molecule has 1 aromatic rings. The minimum absolute atomic E-state index is 0.336. The predicted octanol–water partition coefficient (Wildman–Crippen LogP) is 1.82. The van der Waals surface area contributed by atoms with Crippen molar-refractivity contribution in [1.29, 1.82) is 0 Å². The Morgan fingerprint density at radius 2 is 1.84 bits per heavy atom. The quantitative estimate of drug-likeness (QED) is 0.788. The third kappa shape index (κ3) is 4.62. The number of carbonyl (C=O) groups is 2. The van der Waals surface area contributed by atoms with Gasteiger partial charge in [-0.15, -0.1) is 0 Å². The number of benzene rings is 1. The molecule has 1 unspecified atom stereocenters. The number of ether oxygens (including phenoxy) is 1. The van der Waals surface area contributed by atoms with E-state index in [1.807, 2.05) is 25.1 Å². The Hall–Kier alpha value is -2.04. The van der Waals surface area contributed by atoms with Crippen molar-refractivity contribution in [2.75, 3.05) is 0 Å². The van der Waals surface area contributed by atoms with Crippen molar-refractivity contribution in [1.82, 2.24) is 5.32 Å². The van der Waals surface area contributed by atoms with Crippen LogP contribution in [0, 0.1) is 0 Å². The second-order valence-electron chi connectivity index (χ2n) is 4.14. The van der Waals surface area contributed by atoms with E-state index < -0.39 is 24.0 Å². The smallest absolute Gasteiger partial charge is 0.326 e. The van der Waals surface area contributed by atoms with Crippen LogP contribution < -0.4 is 10.1 Å². The summed E-state index contributed by atoms with van der Waals surface area (Å²) < 4.78 is 5.55. The largest absolute Gasteiger partial charge is 0.481 e. The normalized spacial score (nSPS) is 13.4. The Balaban J connectivity index is 2.64. The minimum Gasteiger partial charge on any atom is -0.481 e. The van der Waals surface area contributed by atoms with Crippen LogP contribution in [0.1, 0.15) is 26.7 Å². The van der Waals surface area contributed by atoms with Crippen molar-refractivity contribution in [3.63, 3.8) is 0 Å². The number of carboxylic acids is 1. The molecule has 104 valence electrons. The molecule has 2 atom stereocenters. The van der Waals surface area contributed by atoms with Gasteiger partial charge < -0.3 is 15.2 Å². The summed E-state index contributed by atoms with van der Waals surface area (Å²) in [6, 6.07) is 8.11. The fourth-order valence-corrected chi connectivity index (χ4v) is 1.59. The molecule has 0 radical (unpaired) electrons. The zero-order valence-corrected chi connectivity index (χ0v) is 11.1. The van der Waals surface area contributed by atoms with Gasteiger partial charge >= 0.3 is 5.97 Å². The number of hydrogen-bond donors (Lipinski definition) is 2. The molecule has 0 aromatic heterocycles. The highest BCUT2D eigenvalue weighted by atomic mass is 16.5. The average molecular weight is 265 g/mol. The Kier molecular flexibility index (Phi) is 5.85. The number of hydrogen-bond acceptors (Lipinski definition) is 3. The molecule has 1 rings (SSSR count). The van der Waals surface area contributed by atoms with E-state index >= 15 is 0 Å². The van der Waals surface area contributed by atoms with Gasteiger partial charge in [0.15, 0.2) is 6.10 Å². The first-order valence-corrected chi connectivity index (χ1v) is 6.33. The lowest BCUT2D eigenvalue weighted by Crippen LogP contribution is -2.46. The predicted molar refractivity (Wildman–Crippen MR) is 71.0 cm³/mol. The summed E-state index contributed by atoms with van der Waals surface area (Å²) in [5.41, 5.74) is 0. The van der Waals surface area contributed by atoms with E-state index in [1.165, 1.54) is 0 Å². The van der Waals surface area contributed by atoms with E-state index in [9.17, 15) is 9.59 Å². The second kappa shape index (κ2) is 7.41. The minimum atomic E-state index is -1.04. The van der Waals surface area contributed by atoms with Crippen LogP contribution in [0.3, 0.4) is 0 Å². The number of amides is 1. The molecule has 0 saturated heterocycles. The van der Waals surface area contributed by atoms with E-state index in [-0.39, 0.29) is 0 Å². The average Bonchev–Trinajstić information content (AvgIpc) is 2.42. The van der Waals surface area contributed by atoms with Crippen LogP contribution >= 0.6 is 0 Å². The maximum absolute atomic E-state index is 12.0. The summed E-state index contributed by atoms with van der Waals surface area (Å²) in [7, 11) is 0. The standard InChI is InChI=1S/C14H19NO4/c1-3-11(14(17)18)15-13(16)12(4-2)19-10-8-6-5-7-9-10/h5-9,11-12H,3-4H2,1-2H3,(H,15,16)(H,17,18)/t11-,12?/m0/s1. The first-order valence-electron chi connectivity index (χ1n) is 6.33. The maximum Gasteiger partial charge on any atom is 0.326 e. The fraction of sp³-hybridized carbons (Fsp3) is 0.429. The molecule has 1 aromatic carbocycles. The van der Waals surface area contributed by atoms with Crippen molar-refractivity contribution in [2.45, 2.75) is 38.8 Å². The lowest BCUT2D eigenvalue weighted by molar-refractivity contribution is -0.143. The van der Waals surface area contributed by atoms with Gasteiger partial charge in [0, 0.05) is 0 Å². The Morgan fingerprint density at radius 1 is 1.21 bits per heavy atom. The highest BCUT2D eigenvalue weighted by molar-refractivity contribution is 5.86. The Labute approximate surface area is 112 Å². The van der Waals surface area contributed by atoms with Gasteiger partial charge in [-0.1, -0.05) is 32.0 Å². The molecular formula is C14H19NO4. The zero-order valence-electron chi connectivity index (χ0n) is 11.1. The highest BCUT2D eigenvalue weighted by Gasteiger charge is 2.24. The number of carbonyl (C=O) groups excluding carboxylic acids is 1. The molecule has 0 spiro atoms. The summed E-state index contributed by atoms with van der Waals surface area (Å²) >= 11 is 0. The van der Waals surface area contributed by atoms with Crippen molar-refractivity contribution in [2.24, 2.45) is 0 Å². The lowest BCUT2D eigenvalue weighted by atomic mass is 10.2. The number of rotatable bonds is 7.